The van der Waals surface area contributed by atoms with E-state index in [0.717, 1.165) is 12.8 Å². The third-order valence-corrected chi connectivity index (χ3v) is 2.33. The maximum Gasteiger partial charge on any atom is 0.0522 e. The molecule has 1 aromatic rings. The zero-order valence-electron chi connectivity index (χ0n) is 10.1. The van der Waals surface area contributed by atoms with Crippen molar-refractivity contribution in [1.82, 2.24) is 15.2 Å². The minimum Gasteiger partial charge on any atom is -0.276 e. The second kappa shape index (κ2) is 4.77. The molecule has 86 valence electrons. The van der Waals surface area contributed by atoms with Gasteiger partial charge in [-0.3, -0.25) is 16.0 Å². The van der Waals surface area contributed by atoms with Gasteiger partial charge in [0.2, 0.25) is 0 Å². The molecule has 0 fully saturated rings. The lowest BCUT2D eigenvalue weighted by Crippen LogP contribution is -2.39. The number of nitrogens with zero attached hydrogens (tertiary/aromatic N) is 2. The SMILES string of the molecule is Cn1cc(CC(CC(C)(C)C)NN)cn1. The van der Waals surface area contributed by atoms with E-state index in [9.17, 15) is 0 Å². The molecule has 3 N–H and O–H groups in total. The van der Waals surface area contributed by atoms with Gasteiger partial charge >= 0.3 is 0 Å². The van der Waals surface area contributed by atoms with E-state index in [1.165, 1.54) is 5.56 Å². The highest BCUT2D eigenvalue weighted by molar-refractivity contribution is 5.06. The number of rotatable bonds is 4. The largest absolute Gasteiger partial charge is 0.276 e. The summed E-state index contributed by atoms with van der Waals surface area (Å²) in [5, 5.41) is 4.15. The van der Waals surface area contributed by atoms with Crippen LogP contribution in [0.4, 0.5) is 0 Å². The molecule has 0 spiro atoms. The van der Waals surface area contributed by atoms with Crippen LogP contribution < -0.4 is 11.3 Å². The van der Waals surface area contributed by atoms with Crippen LogP contribution in [-0.2, 0) is 13.5 Å². The Morgan fingerprint density at radius 3 is 2.60 bits per heavy atom. The van der Waals surface area contributed by atoms with Crippen LogP contribution in [0.15, 0.2) is 12.4 Å². The van der Waals surface area contributed by atoms with Crippen LogP contribution >= 0.6 is 0 Å². The van der Waals surface area contributed by atoms with Crippen molar-refractivity contribution in [1.29, 1.82) is 0 Å². The van der Waals surface area contributed by atoms with Gasteiger partial charge in [-0.15, -0.1) is 0 Å². The Morgan fingerprint density at radius 2 is 2.20 bits per heavy atom. The molecule has 1 aromatic heterocycles. The number of hydrogen-bond acceptors (Lipinski definition) is 3. The minimum absolute atomic E-state index is 0.291. The quantitative estimate of drug-likeness (QED) is 0.580. The van der Waals surface area contributed by atoms with E-state index in [-0.39, 0.29) is 0 Å². The predicted octanol–water partition coefficient (Wildman–Crippen LogP) is 1.23. The first-order valence-electron chi connectivity index (χ1n) is 5.34. The molecule has 0 amide bonds. The molecular weight excluding hydrogens is 188 g/mol. The maximum absolute atomic E-state index is 5.56. The van der Waals surface area contributed by atoms with Gasteiger partial charge in [0, 0.05) is 19.3 Å². The monoisotopic (exact) mass is 210 g/mol. The zero-order valence-corrected chi connectivity index (χ0v) is 10.1. The van der Waals surface area contributed by atoms with Crippen molar-refractivity contribution in [2.24, 2.45) is 18.3 Å². The molecule has 1 heterocycles. The molecule has 0 radical (unpaired) electrons. The zero-order chi connectivity index (χ0) is 11.5. The molecule has 1 unspecified atom stereocenters. The van der Waals surface area contributed by atoms with E-state index in [0.29, 0.717) is 11.5 Å². The molecule has 0 saturated heterocycles. The fourth-order valence-corrected chi connectivity index (χ4v) is 1.79. The fraction of sp³-hybridized carbons (Fsp3) is 0.727. The number of nitrogens with one attached hydrogen (secondary N) is 1. The Kier molecular flexibility index (Phi) is 3.88. The van der Waals surface area contributed by atoms with Crippen LogP contribution in [-0.4, -0.2) is 15.8 Å². The van der Waals surface area contributed by atoms with E-state index in [1.807, 2.05) is 24.1 Å². The lowest BCUT2D eigenvalue weighted by atomic mass is 9.86. The average molecular weight is 210 g/mol. The number of hydrazine groups is 1. The molecule has 0 saturated carbocycles. The normalized spacial score (nSPS) is 14.2. The highest BCUT2D eigenvalue weighted by Gasteiger charge is 2.18. The van der Waals surface area contributed by atoms with Crippen LogP contribution in [0, 0.1) is 5.41 Å². The van der Waals surface area contributed by atoms with Gasteiger partial charge in [0.05, 0.1) is 6.20 Å². The van der Waals surface area contributed by atoms with Crippen LogP contribution in [0.1, 0.15) is 32.8 Å². The van der Waals surface area contributed by atoms with Crippen molar-refractivity contribution in [3.8, 4) is 0 Å². The first-order valence-corrected chi connectivity index (χ1v) is 5.34. The molecule has 0 aliphatic rings. The summed E-state index contributed by atoms with van der Waals surface area (Å²) in [5.41, 5.74) is 4.40. The Bertz CT molecular complexity index is 298. The van der Waals surface area contributed by atoms with Gasteiger partial charge in [0.15, 0.2) is 0 Å². The third-order valence-electron chi connectivity index (χ3n) is 2.33. The molecule has 4 heteroatoms. The Hall–Kier alpha value is -0.870. The van der Waals surface area contributed by atoms with E-state index in [4.69, 9.17) is 5.84 Å². The van der Waals surface area contributed by atoms with Crippen molar-refractivity contribution in [3.05, 3.63) is 18.0 Å². The van der Waals surface area contributed by atoms with Gasteiger partial charge < -0.3 is 0 Å². The van der Waals surface area contributed by atoms with Crippen LogP contribution in [0.25, 0.3) is 0 Å². The second-order valence-corrected chi connectivity index (χ2v) is 5.35. The molecule has 0 bridgehead atoms. The third kappa shape index (κ3) is 4.44. The summed E-state index contributed by atoms with van der Waals surface area (Å²) in [6, 6.07) is 0.314. The van der Waals surface area contributed by atoms with Gasteiger partial charge in [0.1, 0.15) is 0 Å². The summed E-state index contributed by atoms with van der Waals surface area (Å²) in [6.45, 7) is 6.67. The Morgan fingerprint density at radius 1 is 1.53 bits per heavy atom. The van der Waals surface area contributed by atoms with Gasteiger partial charge in [-0.2, -0.15) is 5.10 Å². The molecule has 0 aliphatic carbocycles. The summed E-state index contributed by atoms with van der Waals surface area (Å²) in [6.07, 6.45) is 5.92. The lowest BCUT2D eigenvalue weighted by molar-refractivity contribution is 0.308. The molecule has 1 atom stereocenters. The van der Waals surface area contributed by atoms with Gasteiger partial charge in [-0.05, 0) is 23.8 Å². The lowest BCUT2D eigenvalue weighted by Gasteiger charge is -2.25. The number of aryl methyl sites for hydroxylation is 1. The van der Waals surface area contributed by atoms with Crippen LogP contribution in [0.5, 0.6) is 0 Å². The van der Waals surface area contributed by atoms with Crippen molar-refractivity contribution in [2.45, 2.75) is 39.7 Å². The average Bonchev–Trinajstić information content (AvgIpc) is 2.47. The smallest absolute Gasteiger partial charge is 0.0522 e. The van der Waals surface area contributed by atoms with Crippen molar-refractivity contribution >= 4 is 0 Å². The summed E-state index contributed by atoms with van der Waals surface area (Å²) in [7, 11) is 1.93. The Balaban J connectivity index is 2.54. The second-order valence-electron chi connectivity index (χ2n) is 5.35. The van der Waals surface area contributed by atoms with Gasteiger partial charge in [-0.25, -0.2) is 0 Å². The van der Waals surface area contributed by atoms with E-state index < -0.39 is 0 Å². The minimum atomic E-state index is 0.291. The molecule has 15 heavy (non-hydrogen) atoms. The predicted molar refractivity (Wildman–Crippen MR) is 62.1 cm³/mol. The number of hydrogen-bond donors (Lipinski definition) is 2. The molecule has 4 nitrogen and oxygen atoms in total. The summed E-state index contributed by atoms with van der Waals surface area (Å²) in [4.78, 5) is 0. The Labute approximate surface area is 91.8 Å². The summed E-state index contributed by atoms with van der Waals surface area (Å²) in [5.74, 6) is 5.56. The van der Waals surface area contributed by atoms with Gasteiger partial charge in [-0.1, -0.05) is 20.8 Å². The topological polar surface area (TPSA) is 55.9 Å². The fourth-order valence-electron chi connectivity index (χ4n) is 1.79. The van der Waals surface area contributed by atoms with E-state index in [1.54, 1.807) is 0 Å². The number of aromatic nitrogens is 2. The molecular formula is C11H22N4. The first kappa shape index (κ1) is 12.2. The van der Waals surface area contributed by atoms with Crippen molar-refractivity contribution < 1.29 is 0 Å². The highest BCUT2D eigenvalue weighted by atomic mass is 15.2. The standard InChI is InChI=1S/C11H22N4/c1-11(2,3)6-10(14-12)5-9-7-13-15(4)8-9/h7-8,10,14H,5-6,12H2,1-4H3. The van der Waals surface area contributed by atoms with Gasteiger partial charge in [0.25, 0.3) is 0 Å². The highest BCUT2D eigenvalue weighted by Crippen LogP contribution is 2.22. The van der Waals surface area contributed by atoms with Crippen molar-refractivity contribution in [3.63, 3.8) is 0 Å². The summed E-state index contributed by atoms with van der Waals surface area (Å²) < 4.78 is 1.82. The molecule has 0 aromatic carbocycles. The van der Waals surface area contributed by atoms with E-state index in [2.05, 4.69) is 31.3 Å². The maximum atomic E-state index is 5.56. The number of nitrogens with two attached hydrogens (primary N) is 1. The van der Waals surface area contributed by atoms with Crippen molar-refractivity contribution in [2.75, 3.05) is 0 Å². The molecule has 0 aliphatic heterocycles. The van der Waals surface area contributed by atoms with E-state index >= 15 is 0 Å². The molecule has 1 rings (SSSR count). The first-order chi connectivity index (χ1) is 6.90. The summed E-state index contributed by atoms with van der Waals surface area (Å²) >= 11 is 0. The van der Waals surface area contributed by atoms with Crippen LogP contribution in [0.2, 0.25) is 0 Å². The van der Waals surface area contributed by atoms with Crippen LogP contribution in [0.3, 0.4) is 0 Å².